The van der Waals surface area contributed by atoms with Gasteiger partial charge in [-0.25, -0.2) is 0 Å². The topological polar surface area (TPSA) is 41.1 Å². The Labute approximate surface area is 99.4 Å². The second-order valence-electron chi connectivity index (χ2n) is 5.31. The van der Waals surface area contributed by atoms with Crippen LogP contribution in [0.3, 0.4) is 0 Å². The van der Waals surface area contributed by atoms with Gasteiger partial charge in [-0.15, -0.1) is 0 Å². The van der Waals surface area contributed by atoms with E-state index in [1.807, 2.05) is 0 Å². The molecule has 0 aromatic heterocycles. The van der Waals surface area contributed by atoms with Crippen LogP contribution in [0.25, 0.3) is 0 Å². The molecule has 0 saturated carbocycles. The highest BCUT2D eigenvalue weighted by Crippen LogP contribution is 2.18. The molecule has 0 spiro atoms. The number of rotatable bonds is 4. The molecule has 0 aliphatic carbocycles. The van der Waals surface area contributed by atoms with Crippen molar-refractivity contribution in [2.24, 2.45) is 5.92 Å². The summed E-state index contributed by atoms with van der Waals surface area (Å²) in [6.45, 7) is 9.50. The molecule has 2 unspecified atom stereocenters. The first-order valence-corrected chi connectivity index (χ1v) is 6.58. The third-order valence-electron chi connectivity index (χ3n) is 4.04. The summed E-state index contributed by atoms with van der Waals surface area (Å²) in [5, 5.41) is 6.52. The SMILES string of the molecule is CCC(C)(CC)NC(=O)C1NCCCC1C. The summed E-state index contributed by atoms with van der Waals surface area (Å²) in [6.07, 6.45) is 4.30. The zero-order valence-electron chi connectivity index (χ0n) is 11.1. The molecule has 1 heterocycles. The van der Waals surface area contributed by atoms with E-state index in [1.165, 1.54) is 6.42 Å². The molecule has 0 radical (unpaired) electrons. The van der Waals surface area contributed by atoms with E-state index in [0.717, 1.165) is 25.8 Å². The Kier molecular flexibility index (Phi) is 4.78. The van der Waals surface area contributed by atoms with Crippen molar-refractivity contribution in [1.29, 1.82) is 0 Å². The van der Waals surface area contributed by atoms with Gasteiger partial charge in [0.05, 0.1) is 6.04 Å². The van der Waals surface area contributed by atoms with E-state index in [4.69, 9.17) is 0 Å². The minimum atomic E-state index is -0.0457. The van der Waals surface area contributed by atoms with Gasteiger partial charge in [0.15, 0.2) is 0 Å². The highest BCUT2D eigenvalue weighted by atomic mass is 16.2. The maximum absolute atomic E-state index is 12.2. The number of hydrogen-bond acceptors (Lipinski definition) is 2. The maximum Gasteiger partial charge on any atom is 0.237 e. The summed E-state index contributed by atoms with van der Waals surface area (Å²) >= 11 is 0. The molecule has 1 aliphatic heterocycles. The minimum Gasteiger partial charge on any atom is -0.350 e. The highest BCUT2D eigenvalue weighted by Gasteiger charge is 2.31. The van der Waals surface area contributed by atoms with E-state index < -0.39 is 0 Å². The van der Waals surface area contributed by atoms with Crippen molar-refractivity contribution >= 4 is 5.91 Å². The molecule has 3 heteroatoms. The zero-order chi connectivity index (χ0) is 12.2. The van der Waals surface area contributed by atoms with Crippen LogP contribution in [-0.4, -0.2) is 24.0 Å². The van der Waals surface area contributed by atoms with Gasteiger partial charge in [0.2, 0.25) is 5.91 Å². The van der Waals surface area contributed by atoms with Gasteiger partial charge < -0.3 is 10.6 Å². The molecule has 0 aromatic carbocycles. The van der Waals surface area contributed by atoms with E-state index in [9.17, 15) is 4.79 Å². The Morgan fingerprint density at radius 2 is 2.06 bits per heavy atom. The molecule has 16 heavy (non-hydrogen) atoms. The monoisotopic (exact) mass is 226 g/mol. The average molecular weight is 226 g/mol. The fraction of sp³-hybridized carbons (Fsp3) is 0.923. The lowest BCUT2D eigenvalue weighted by molar-refractivity contribution is -0.126. The quantitative estimate of drug-likeness (QED) is 0.770. The first-order chi connectivity index (χ1) is 7.52. The largest absolute Gasteiger partial charge is 0.350 e. The first kappa shape index (κ1) is 13.5. The maximum atomic E-state index is 12.2. The average Bonchev–Trinajstić information content (AvgIpc) is 2.29. The fourth-order valence-corrected chi connectivity index (χ4v) is 2.20. The van der Waals surface area contributed by atoms with Crippen LogP contribution < -0.4 is 10.6 Å². The van der Waals surface area contributed by atoms with Crippen molar-refractivity contribution in [3.8, 4) is 0 Å². The summed E-state index contributed by atoms with van der Waals surface area (Å²) in [4.78, 5) is 12.2. The van der Waals surface area contributed by atoms with Gasteiger partial charge in [0, 0.05) is 5.54 Å². The number of piperidine rings is 1. The van der Waals surface area contributed by atoms with Gasteiger partial charge in [-0.1, -0.05) is 20.8 Å². The molecule has 3 nitrogen and oxygen atoms in total. The van der Waals surface area contributed by atoms with Crippen LogP contribution >= 0.6 is 0 Å². The highest BCUT2D eigenvalue weighted by molar-refractivity contribution is 5.82. The molecule has 1 rings (SSSR count). The summed E-state index contributed by atoms with van der Waals surface area (Å²) < 4.78 is 0. The van der Waals surface area contributed by atoms with Crippen LogP contribution in [-0.2, 0) is 4.79 Å². The predicted octanol–water partition coefficient (Wildman–Crippen LogP) is 2.07. The van der Waals surface area contributed by atoms with Crippen molar-refractivity contribution in [3.63, 3.8) is 0 Å². The van der Waals surface area contributed by atoms with Gasteiger partial charge in [-0.2, -0.15) is 0 Å². The zero-order valence-corrected chi connectivity index (χ0v) is 11.1. The molecular weight excluding hydrogens is 200 g/mol. The second kappa shape index (κ2) is 5.67. The van der Waals surface area contributed by atoms with Crippen molar-refractivity contribution in [3.05, 3.63) is 0 Å². The normalized spacial score (nSPS) is 26.5. The van der Waals surface area contributed by atoms with E-state index >= 15 is 0 Å². The van der Waals surface area contributed by atoms with Gasteiger partial charge in [0.1, 0.15) is 0 Å². The lowest BCUT2D eigenvalue weighted by Gasteiger charge is -2.34. The molecule has 2 atom stereocenters. The number of hydrogen-bond donors (Lipinski definition) is 2. The molecule has 0 bridgehead atoms. The van der Waals surface area contributed by atoms with Crippen molar-refractivity contribution in [1.82, 2.24) is 10.6 Å². The van der Waals surface area contributed by atoms with Crippen LogP contribution in [0, 0.1) is 5.92 Å². The second-order valence-corrected chi connectivity index (χ2v) is 5.31. The minimum absolute atomic E-state index is 0.00572. The molecule has 1 fully saturated rings. The molecule has 94 valence electrons. The van der Waals surface area contributed by atoms with Crippen LogP contribution in [0.1, 0.15) is 53.4 Å². The number of nitrogens with one attached hydrogen (secondary N) is 2. The van der Waals surface area contributed by atoms with Gasteiger partial charge >= 0.3 is 0 Å². The molecular formula is C13H26N2O. The molecule has 2 N–H and O–H groups in total. The molecule has 1 amide bonds. The molecule has 1 aliphatic rings. The summed E-state index contributed by atoms with van der Waals surface area (Å²) in [5.74, 6) is 0.630. The Morgan fingerprint density at radius 3 is 2.56 bits per heavy atom. The Morgan fingerprint density at radius 1 is 1.44 bits per heavy atom. The Balaban J connectivity index is 2.56. The van der Waals surface area contributed by atoms with E-state index in [1.54, 1.807) is 0 Å². The standard InChI is InChI=1S/C13H26N2O/c1-5-13(4,6-2)15-12(16)11-10(3)8-7-9-14-11/h10-11,14H,5-9H2,1-4H3,(H,15,16). The third kappa shape index (κ3) is 3.21. The van der Waals surface area contributed by atoms with E-state index in [0.29, 0.717) is 5.92 Å². The first-order valence-electron chi connectivity index (χ1n) is 6.58. The Hall–Kier alpha value is -0.570. The van der Waals surface area contributed by atoms with Crippen molar-refractivity contribution < 1.29 is 4.79 Å². The summed E-state index contributed by atoms with van der Waals surface area (Å²) in [7, 11) is 0. The number of carbonyl (C=O) groups is 1. The van der Waals surface area contributed by atoms with Gasteiger partial charge in [-0.3, -0.25) is 4.79 Å². The van der Waals surface area contributed by atoms with E-state index in [2.05, 4.69) is 38.3 Å². The van der Waals surface area contributed by atoms with Crippen molar-refractivity contribution in [2.45, 2.75) is 65.0 Å². The van der Waals surface area contributed by atoms with Crippen LogP contribution in [0.4, 0.5) is 0 Å². The molecule has 1 saturated heterocycles. The van der Waals surface area contributed by atoms with E-state index in [-0.39, 0.29) is 17.5 Å². The lowest BCUT2D eigenvalue weighted by Crippen LogP contribution is -2.56. The Bertz CT molecular complexity index is 236. The van der Waals surface area contributed by atoms with Crippen molar-refractivity contribution in [2.75, 3.05) is 6.54 Å². The molecule has 0 aromatic rings. The predicted molar refractivity (Wildman–Crippen MR) is 67.3 cm³/mol. The van der Waals surface area contributed by atoms with Crippen LogP contribution in [0.15, 0.2) is 0 Å². The van der Waals surface area contributed by atoms with Crippen LogP contribution in [0.2, 0.25) is 0 Å². The summed E-state index contributed by atoms with van der Waals surface area (Å²) in [5.41, 5.74) is -0.0457. The third-order valence-corrected chi connectivity index (χ3v) is 4.04. The van der Waals surface area contributed by atoms with Crippen LogP contribution in [0.5, 0.6) is 0 Å². The van der Waals surface area contributed by atoms with Gasteiger partial charge in [0.25, 0.3) is 0 Å². The lowest BCUT2D eigenvalue weighted by atomic mass is 9.90. The fourth-order valence-electron chi connectivity index (χ4n) is 2.20. The number of amides is 1. The number of carbonyl (C=O) groups excluding carboxylic acids is 1. The van der Waals surface area contributed by atoms with Gasteiger partial charge in [-0.05, 0) is 45.1 Å². The smallest absolute Gasteiger partial charge is 0.237 e. The summed E-state index contributed by atoms with van der Waals surface area (Å²) in [6, 6.07) is 0.00572.